The van der Waals surface area contributed by atoms with Gasteiger partial charge in [-0.05, 0) is 24.3 Å². The highest BCUT2D eigenvalue weighted by Gasteiger charge is 2.60. The van der Waals surface area contributed by atoms with Crippen LogP contribution in [0.5, 0.6) is 5.75 Å². The average Bonchev–Trinajstić information content (AvgIpc) is 3.36. The van der Waals surface area contributed by atoms with Crippen LogP contribution in [-0.4, -0.2) is 25.3 Å². The van der Waals surface area contributed by atoms with E-state index >= 15 is 0 Å². The van der Waals surface area contributed by atoms with Gasteiger partial charge in [-0.2, -0.15) is 22.0 Å². The number of pyridine rings is 1. The van der Waals surface area contributed by atoms with Gasteiger partial charge in [0, 0.05) is 31.1 Å². The van der Waals surface area contributed by atoms with Crippen LogP contribution in [0.15, 0.2) is 46.7 Å². The molecule has 1 aromatic carbocycles. The fourth-order valence-corrected chi connectivity index (χ4v) is 4.06. The van der Waals surface area contributed by atoms with Crippen molar-refractivity contribution in [3.8, 4) is 11.4 Å². The third kappa shape index (κ3) is 4.22. The van der Waals surface area contributed by atoms with E-state index in [4.69, 9.17) is 4.74 Å². The molecular weight excluding hydrogens is 467 g/mol. The molecule has 0 atom stereocenters. The van der Waals surface area contributed by atoms with E-state index in [0.717, 1.165) is 28.7 Å². The summed E-state index contributed by atoms with van der Waals surface area (Å²) in [7, 11) is 1.89. The number of halogens is 5. The predicted octanol–water partition coefficient (Wildman–Crippen LogP) is 4.98. The Bertz CT molecular complexity index is 1370. The minimum absolute atomic E-state index is 0.100. The van der Waals surface area contributed by atoms with Gasteiger partial charge in [0.15, 0.2) is 5.01 Å². The molecule has 0 aliphatic rings. The second kappa shape index (κ2) is 8.25. The first-order valence-electron chi connectivity index (χ1n) is 9.72. The van der Waals surface area contributed by atoms with Crippen molar-refractivity contribution in [1.29, 1.82) is 0 Å². The van der Waals surface area contributed by atoms with Gasteiger partial charge in [0.25, 0.3) is 5.56 Å². The second-order valence-electron chi connectivity index (χ2n) is 7.19. The van der Waals surface area contributed by atoms with Gasteiger partial charge in [-0.25, -0.2) is 9.97 Å². The van der Waals surface area contributed by atoms with Crippen molar-refractivity contribution in [3.05, 3.63) is 68.8 Å². The number of aryl methyl sites for hydroxylation is 2. The number of fused-ring (bicyclic) bond motifs is 1. The van der Waals surface area contributed by atoms with E-state index in [1.165, 1.54) is 22.9 Å². The van der Waals surface area contributed by atoms with Crippen molar-refractivity contribution >= 4 is 22.4 Å². The Kier molecular flexibility index (Phi) is 5.72. The SMILES string of the molecule is CCc1nc2ccc(-n3ccc(OCc4csc(C(F)(F)C(F)(F)F)n4)cc3=O)cc2n1C. The summed E-state index contributed by atoms with van der Waals surface area (Å²) >= 11 is 0.193. The van der Waals surface area contributed by atoms with E-state index < -0.39 is 22.7 Å². The maximum atomic E-state index is 13.4. The summed E-state index contributed by atoms with van der Waals surface area (Å²) in [6.45, 7) is 1.63. The summed E-state index contributed by atoms with van der Waals surface area (Å²) < 4.78 is 72.9. The molecule has 12 heteroatoms. The van der Waals surface area contributed by atoms with Gasteiger partial charge in [0.05, 0.1) is 22.4 Å². The first-order valence-corrected chi connectivity index (χ1v) is 10.6. The Balaban J connectivity index is 1.52. The van der Waals surface area contributed by atoms with E-state index in [9.17, 15) is 26.7 Å². The van der Waals surface area contributed by atoms with Crippen LogP contribution in [0.25, 0.3) is 16.7 Å². The third-order valence-electron chi connectivity index (χ3n) is 5.01. The lowest BCUT2D eigenvalue weighted by Crippen LogP contribution is -2.33. The fraction of sp³-hybridized carbons (Fsp3) is 0.286. The highest BCUT2D eigenvalue weighted by atomic mass is 32.1. The van der Waals surface area contributed by atoms with Gasteiger partial charge in [0.1, 0.15) is 18.2 Å². The molecule has 0 bridgehead atoms. The molecule has 0 saturated carbocycles. The quantitative estimate of drug-likeness (QED) is 0.363. The fourth-order valence-electron chi connectivity index (χ4n) is 3.25. The number of alkyl halides is 5. The second-order valence-corrected chi connectivity index (χ2v) is 8.05. The van der Waals surface area contributed by atoms with Crippen molar-refractivity contribution in [3.63, 3.8) is 0 Å². The van der Waals surface area contributed by atoms with E-state index in [2.05, 4.69) is 9.97 Å². The molecule has 0 amide bonds. The average molecular weight is 484 g/mol. The Hall–Kier alpha value is -3.28. The summed E-state index contributed by atoms with van der Waals surface area (Å²) in [5.41, 5.74) is 1.78. The van der Waals surface area contributed by atoms with Gasteiger partial charge < -0.3 is 9.30 Å². The lowest BCUT2D eigenvalue weighted by atomic mass is 10.2. The molecule has 6 nitrogen and oxygen atoms in total. The number of nitrogens with zero attached hydrogens (tertiary/aromatic N) is 4. The van der Waals surface area contributed by atoms with Crippen molar-refractivity contribution < 1.29 is 26.7 Å². The van der Waals surface area contributed by atoms with E-state index in [-0.39, 0.29) is 29.4 Å². The molecule has 0 N–H and O–H groups in total. The predicted molar refractivity (Wildman–Crippen MR) is 112 cm³/mol. The Morgan fingerprint density at radius 2 is 1.85 bits per heavy atom. The van der Waals surface area contributed by atoms with Crippen molar-refractivity contribution in [1.82, 2.24) is 19.1 Å². The van der Waals surface area contributed by atoms with Crippen molar-refractivity contribution in [2.75, 3.05) is 0 Å². The molecule has 3 heterocycles. The molecule has 4 rings (SSSR count). The van der Waals surface area contributed by atoms with Crippen LogP contribution in [0.3, 0.4) is 0 Å². The number of benzene rings is 1. The molecule has 3 aromatic heterocycles. The van der Waals surface area contributed by atoms with Gasteiger partial charge >= 0.3 is 12.1 Å². The van der Waals surface area contributed by atoms with Crippen LogP contribution in [0.2, 0.25) is 0 Å². The first-order chi connectivity index (χ1) is 15.5. The number of hydrogen-bond donors (Lipinski definition) is 0. The smallest absolute Gasteiger partial charge is 0.460 e. The van der Waals surface area contributed by atoms with Gasteiger partial charge in [-0.1, -0.05) is 6.92 Å². The molecule has 0 fully saturated rings. The number of ether oxygens (including phenoxy) is 1. The van der Waals surface area contributed by atoms with Crippen molar-refractivity contribution in [2.24, 2.45) is 7.05 Å². The summed E-state index contributed by atoms with van der Waals surface area (Å²) in [4.78, 5) is 20.5. The molecule has 0 aliphatic carbocycles. The molecule has 4 aromatic rings. The number of imidazole rings is 1. The summed E-state index contributed by atoms with van der Waals surface area (Å²) in [6.07, 6.45) is -3.48. The minimum Gasteiger partial charge on any atom is -0.487 e. The minimum atomic E-state index is -5.73. The maximum Gasteiger partial charge on any atom is 0.460 e. The monoisotopic (exact) mass is 484 g/mol. The molecular formula is C21H17F5N4O2S. The first kappa shape index (κ1) is 22.9. The number of thiazole rings is 1. The molecule has 174 valence electrons. The zero-order valence-electron chi connectivity index (χ0n) is 17.4. The van der Waals surface area contributed by atoms with E-state index in [1.54, 1.807) is 6.07 Å². The molecule has 0 aliphatic heterocycles. The van der Waals surface area contributed by atoms with Gasteiger partial charge in [-0.15, -0.1) is 11.3 Å². The standard InChI is InChI=1S/C21H17F5N4O2S/c1-3-17-28-15-5-4-13(8-16(15)29(17)2)30-7-6-14(9-18(30)31)32-10-12-11-33-19(27-12)20(22,23)21(24,25)26/h4-9,11H,3,10H2,1-2H3. The number of hydrogen-bond acceptors (Lipinski definition) is 5. The van der Waals surface area contributed by atoms with Crippen LogP contribution < -0.4 is 10.3 Å². The number of rotatable bonds is 6. The number of aromatic nitrogens is 4. The molecule has 0 radical (unpaired) electrons. The Labute approximate surface area is 187 Å². The topological polar surface area (TPSA) is 61.9 Å². The summed E-state index contributed by atoms with van der Waals surface area (Å²) in [6, 6.07) is 8.10. The van der Waals surface area contributed by atoms with E-state index in [1.807, 2.05) is 30.7 Å². The zero-order valence-corrected chi connectivity index (χ0v) is 18.2. The van der Waals surface area contributed by atoms with Crippen LogP contribution in [0.1, 0.15) is 23.4 Å². The van der Waals surface area contributed by atoms with Crippen LogP contribution in [0, 0.1) is 0 Å². The Morgan fingerprint density at radius 3 is 2.52 bits per heavy atom. The normalized spacial score (nSPS) is 12.5. The van der Waals surface area contributed by atoms with Crippen molar-refractivity contribution in [2.45, 2.75) is 32.1 Å². The van der Waals surface area contributed by atoms with Gasteiger partial charge in [0.2, 0.25) is 0 Å². The lowest BCUT2D eigenvalue weighted by molar-refractivity contribution is -0.289. The van der Waals surface area contributed by atoms with Crippen LogP contribution in [0.4, 0.5) is 22.0 Å². The molecule has 0 saturated heterocycles. The molecule has 33 heavy (non-hydrogen) atoms. The molecule has 0 spiro atoms. The van der Waals surface area contributed by atoms with E-state index in [0.29, 0.717) is 5.69 Å². The maximum absolute atomic E-state index is 13.4. The molecule has 0 unspecified atom stereocenters. The summed E-state index contributed by atoms with van der Waals surface area (Å²) in [5, 5.41) is -0.301. The highest BCUT2D eigenvalue weighted by molar-refractivity contribution is 7.09. The van der Waals surface area contributed by atoms with Crippen LogP contribution >= 0.6 is 11.3 Å². The highest BCUT2D eigenvalue weighted by Crippen LogP contribution is 2.44. The Morgan fingerprint density at radius 1 is 1.09 bits per heavy atom. The third-order valence-corrected chi connectivity index (χ3v) is 5.97. The van der Waals surface area contributed by atoms with Crippen LogP contribution in [-0.2, 0) is 26.0 Å². The largest absolute Gasteiger partial charge is 0.487 e. The summed E-state index contributed by atoms with van der Waals surface area (Å²) in [5.74, 6) is -4.00. The van der Waals surface area contributed by atoms with Gasteiger partial charge in [-0.3, -0.25) is 9.36 Å². The lowest BCUT2D eigenvalue weighted by Gasteiger charge is -2.16. The zero-order chi connectivity index (χ0) is 24.0.